The molecule has 0 radical (unpaired) electrons. The molecule has 2 N–H and O–H groups in total. The number of carbonyl (C=O) groups excluding carboxylic acids is 1. The molecule has 0 heterocycles. The summed E-state index contributed by atoms with van der Waals surface area (Å²) < 4.78 is 5.02. The number of carboxylic acid groups (broad SMARTS) is 1. The molecule has 2 unspecified atom stereocenters. The van der Waals surface area contributed by atoms with Crippen LogP contribution >= 0.6 is 0 Å². The van der Waals surface area contributed by atoms with E-state index in [9.17, 15) is 9.59 Å². The Morgan fingerprint density at radius 2 is 2.00 bits per heavy atom. The van der Waals surface area contributed by atoms with Gasteiger partial charge in [0.25, 0.3) is 0 Å². The van der Waals surface area contributed by atoms with Crippen LogP contribution in [0.3, 0.4) is 0 Å². The topological polar surface area (TPSA) is 75.6 Å². The van der Waals surface area contributed by atoms with Crippen molar-refractivity contribution in [3.8, 4) is 0 Å². The minimum atomic E-state index is -0.868. The first-order chi connectivity index (χ1) is 7.99. The molecule has 0 rings (SSSR count). The van der Waals surface area contributed by atoms with Gasteiger partial charge < -0.3 is 15.2 Å². The van der Waals surface area contributed by atoms with E-state index in [-0.39, 0.29) is 30.7 Å². The molecule has 0 aromatic carbocycles. The lowest BCUT2D eigenvalue weighted by molar-refractivity contribution is -0.138. The SMILES string of the molecule is CCCC(COC)NC(=O)CC(C)CC(=O)O. The fraction of sp³-hybridized carbons (Fsp3) is 0.833. The molecule has 0 aliphatic carbocycles. The number of ether oxygens (including phenoxy) is 1. The van der Waals surface area contributed by atoms with Crippen molar-refractivity contribution in [1.29, 1.82) is 0 Å². The first-order valence-corrected chi connectivity index (χ1v) is 5.99. The first kappa shape index (κ1) is 15.9. The number of methoxy groups -OCH3 is 1. The van der Waals surface area contributed by atoms with Gasteiger partial charge in [-0.25, -0.2) is 0 Å². The molecule has 5 heteroatoms. The minimum Gasteiger partial charge on any atom is -0.481 e. The number of carboxylic acids is 1. The standard InChI is InChI=1S/C12H23NO4/c1-4-5-10(8-17-3)13-11(14)6-9(2)7-12(15)16/h9-10H,4-8H2,1-3H3,(H,13,14)(H,15,16). The highest BCUT2D eigenvalue weighted by Crippen LogP contribution is 2.08. The van der Waals surface area contributed by atoms with E-state index in [1.165, 1.54) is 0 Å². The third kappa shape index (κ3) is 8.68. The van der Waals surface area contributed by atoms with Crippen LogP contribution in [0.5, 0.6) is 0 Å². The smallest absolute Gasteiger partial charge is 0.303 e. The second-order valence-corrected chi connectivity index (χ2v) is 4.42. The molecule has 100 valence electrons. The number of amides is 1. The Labute approximate surface area is 103 Å². The number of nitrogens with one attached hydrogen (secondary N) is 1. The molecule has 0 saturated carbocycles. The lowest BCUT2D eigenvalue weighted by Gasteiger charge is -2.18. The maximum Gasteiger partial charge on any atom is 0.303 e. The summed E-state index contributed by atoms with van der Waals surface area (Å²) >= 11 is 0. The summed E-state index contributed by atoms with van der Waals surface area (Å²) in [5, 5.41) is 11.5. The maximum absolute atomic E-state index is 11.6. The van der Waals surface area contributed by atoms with Gasteiger partial charge in [-0.1, -0.05) is 20.3 Å². The zero-order valence-corrected chi connectivity index (χ0v) is 10.9. The Hall–Kier alpha value is -1.10. The summed E-state index contributed by atoms with van der Waals surface area (Å²) in [5.41, 5.74) is 0. The van der Waals surface area contributed by atoms with Crippen LogP contribution in [0, 0.1) is 5.92 Å². The molecule has 0 bridgehead atoms. The van der Waals surface area contributed by atoms with Crippen LogP contribution in [0.15, 0.2) is 0 Å². The Morgan fingerprint density at radius 3 is 2.47 bits per heavy atom. The van der Waals surface area contributed by atoms with Crippen LogP contribution in [0.1, 0.15) is 39.5 Å². The monoisotopic (exact) mass is 245 g/mol. The lowest BCUT2D eigenvalue weighted by Crippen LogP contribution is -2.38. The molecule has 0 aliphatic rings. The van der Waals surface area contributed by atoms with E-state index < -0.39 is 5.97 Å². The normalized spacial score (nSPS) is 14.1. The zero-order valence-electron chi connectivity index (χ0n) is 10.9. The number of aliphatic carboxylic acids is 1. The average molecular weight is 245 g/mol. The summed E-state index contributed by atoms with van der Waals surface area (Å²) in [6.07, 6.45) is 2.11. The van der Waals surface area contributed by atoms with E-state index in [1.807, 2.05) is 6.92 Å². The largest absolute Gasteiger partial charge is 0.481 e. The van der Waals surface area contributed by atoms with Gasteiger partial charge in [0, 0.05) is 20.0 Å². The van der Waals surface area contributed by atoms with Gasteiger partial charge >= 0.3 is 5.97 Å². The highest BCUT2D eigenvalue weighted by Gasteiger charge is 2.15. The van der Waals surface area contributed by atoms with Crippen molar-refractivity contribution >= 4 is 11.9 Å². The Morgan fingerprint density at radius 1 is 1.35 bits per heavy atom. The molecule has 0 aromatic heterocycles. The maximum atomic E-state index is 11.6. The Balaban J connectivity index is 3.99. The van der Waals surface area contributed by atoms with Crippen molar-refractivity contribution in [2.75, 3.05) is 13.7 Å². The summed E-state index contributed by atoms with van der Waals surface area (Å²) in [5.74, 6) is -1.11. The van der Waals surface area contributed by atoms with E-state index in [0.717, 1.165) is 12.8 Å². The molecule has 0 saturated heterocycles. The van der Waals surface area contributed by atoms with Crippen molar-refractivity contribution < 1.29 is 19.4 Å². The zero-order chi connectivity index (χ0) is 13.3. The molecule has 0 spiro atoms. The summed E-state index contributed by atoms with van der Waals surface area (Å²) in [6, 6.07) is 0.0227. The molecule has 0 aromatic rings. The van der Waals surface area contributed by atoms with Gasteiger partial charge in [0.1, 0.15) is 0 Å². The summed E-state index contributed by atoms with van der Waals surface area (Å²) in [7, 11) is 1.60. The number of rotatable bonds is 9. The fourth-order valence-electron chi connectivity index (χ4n) is 1.72. The third-order valence-corrected chi connectivity index (χ3v) is 2.43. The Kier molecular flexibility index (Phi) is 8.40. The van der Waals surface area contributed by atoms with Crippen LogP contribution in [-0.2, 0) is 14.3 Å². The highest BCUT2D eigenvalue weighted by molar-refractivity contribution is 5.77. The van der Waals surface area contributed by atoms with Gasteiger partial charge in [0.2, 0.25) is 5.91 Å². The van der Waals surface area contributed by atoms with Crippen LogP contribution in [0.4, 0.5) is 0 Å². The van der Waals surface area contributed by atoms with Gasteiger partial charge in [-0.2, -0.15) is 0 Å². The van der Waals surface area contributed by atoms with Crippen LogP contribution in [0.25, 0.3) is 0 Å². The molecule has 17 heavy (non-hydrogen) atoms. The predicted molar refractivity (Wildman–Crippen MR) is 64.7 cm³/mol. The summed E-state index contributed by atoms with van der Waals surface area (Å²) in [6.45, 7) is 4.30. The fourth-order valence-corrected chi connectivity index (χ4v) is 1.72. The molecular formula is C12H23NO4. The van der Waals surface area contributed by atoms with Crippen LogP contribution in [0.2, 0.25) is 0 Å². The highest BCUT2D eigenvalue weighted by atomic mass is 16.5. The van der Waals surface area contributed by atoms with Gasteiger partial charge in [-0.05, 0) is 12.3 Å². The molecule has 0 aliphatic heterocycles. The number of hydrogen-bond donors (Lipinski definition) is 2. The van der Waals surface area contributed by atoms with Crippen molar-refractivity contribution in [1.82, 2.24) is 5.32 Å². The average Bonchev–Trinajstić information content (AvgIpc) is 2.16. The van der Waals surface area contributed by atoms with Gasteiger partial charge in [-0.15, -0.1) is 0 Å². The second kappa shape index (κ2) is 8.98. The van der Waals surface area contributed by atoms with E-state index in [1.54, 1.807) is 14.0 Å². The molecule has 1 amide bonds. The molecule has 0 fully saturated rings. The van der Waals surface area contributed by atoms with E-state index >= 15 is 0 Å². The van der Waals surface area contributed by atoms with Crippen LogP contribution < -0.4 is 5.32 Å². The molecule has 2 atom stereocenters. The van der Waals surface area contributed by atoms with E-state index in [4.69, 9.17) is 9.84 Å². The third-order valence-electron chi connectivity index (χ3n) is 2.43. The first-order valence-electron chi connectivity index (χ1n) is 5.99. The van der Waals surface area contributed by atoms with Crippen molar-refractivity contribution in [2.45, 2.75) is 45.6 Å². The van der Waals surface area contributed by atoms with E-state index in [0.29, 0.717) is 6.61 Å². The lowest BCUT2D eigenvalue weighted by atomic mass is 10.0. The van der Waals surface area contributed by atoms with E-state index in [2.05, 4.69) is 5.32 Å². The molecular weight excluding hydrogens is 222 g/mol. The summed E-state index contributed by atoms with van der Waals surface area (Å²) in [4.78, 5) is 22.1. The van der Waals surface area contributed by atoms with Gasteiger partial charge in [0.05, 0.1) is 12.6 Å². The second-order valence-electron chi connectivity index (χ2n) is 4.42. The van der Waals surface area contributed by atoms with Crippen molar-refractivity contribution in [3.05, 3.63) is 0 Å². The molecule has 5 nitrogen and oxygen atoms in total. The van der Waals surface area contributed by atoms with Crippen LogP contribution in [-0.4, -0.2) is 36.7 Å². The van der Waals surface area contributed by atoms with Gasteiger partial charge in [0.15, 0.2) is 0 Å². The predicted octanol–water partition coefficient (Wildman–Crippen LogP) is 1.42. The minimum absolute atomic E-state index is 0.0227. The van der Waals surface area contributed by atoms with Crippen molar-refractivity contribution in [3.63, 3.8) is 0 Å². The number of hydrogen-bond acceptors (Lipinski definition) is 3. The number of carbonyl (C=O) groups is 2. The quantitative estimate of drug-likeness (QED) is 0.644. The van der Waals surface area contributed by atoms with Gasteiger partial charge in [-0.3, -0.25) is 9.59 Å². The Bertz CT molecular complexity index is 237. The van der Waals surface area contributed by atoms with Crippen molar-refractivity contribution in [2.24, 2.45) is 5.92 Å².